The summed E-state index contributed by atoms with van der Waals surface area (Å²) in [5.74, 6) is -0.406. The molecule has 0 saturated heterocycles. The van der Waals surface area contributed by atoms with E-state index >= 15 is 0 Å². The fraction of sp³-hybridized carbons (Fsp3) is 0.333. The monoisotopic (exact) mass is 202 g/mol. The second-order valence-electron chi connectivity index (χ2n) is 2.75. The van der Waals surface area contributed by atoms with Gasteiger partial charge in [-0.1, -0.05) is 6.07 Å². The molecular formula is C9H11FO2S. The molecule has 0 aliphatic carbocycles. The number of benzene rings is 1. The normalized spacial score (nSPS) is 15.3. The minimum absolute atomic E-state index is 0.164. The van der Waals surface area contributed by atoms with Crippen LogP contribution in [0.4, 0.5) is 4.39 Å². The van der Waals surface area contributed by atoms with Crippen molar-refractivity contribution in [1.82, 2.24) is 0 Å². The number of rotatable bonds is 3. The van der Waals surface area contributed by atoms with Crippen molar-refractivity contribution in [2.75, 3.05) is 6.61 Å². The standard InChI is InChI=1S/C9H11FO2S/c1-7(6-11)13(12)9-4-2-3-8(10)5-9/h2-5,7,11H,6H2,1H3. The van der Waals surface area contributed by atoms with E-state index in [0.29, 0.717) is 4.90 Å². The smallest absolute Gasteiger partial charge is 0.124 e. The molecule has 1 aromatic carbocycles. The van der Waals surface area contributed by atoms with Crippen LogP contribution < -0.4 is 0 Å². The van der Waals surface area contributed by atoms with Crippen molar-refractivity contribution in [1.29, 1.82) is 0 Å². The number of aliphatic hydroxyl groups excluding tert-OH is 1. The predicted molar refractivity (Wildman–Crippen MR) is 49.4 cm³/mol. The van der Waals surface area contributed by atoms with E-state index in [1.165, 1.54) is 18.2 Å². The fourth-order valence-electron chi connectivity index (χ4n) is 0.892. The van der Waals surface area contributed by atoms with Gasteiger partial charge in [-0.2, -0.15) is 0 Å². The van der Waals surface area contributed by atoms with Gasteiger partial charge in [0.1, 0.15) is 5.82 Å². The van der Waals surface area contributed by atoms with Gasteiger partial charge in [0.15, 0.2) is 0 Å². The predicted octanol–water partition coefficient (Wildman–Crippen LogP) is 1.31. The molecule has 0 spiro atoms. The Labute approximate surface area is 78.9 Å². The molecule has 0 radical (unpaired) electrons. The molecule has 0 saturated carbocycles. The van der Waals surface area contributed by atoms with Crippen molar-refractivity contribution in [3.05, 3.63) is 30.1 Å². The summed E-state index contributed by atoms with van der Waals surface area (Å²) in [5.41, 5.74) is 0. The van der Waals surface area contributed by atoms with Crippen LogP contribution in [-0.4, -0.2) is 21.2 Å². The molecule has 0 amide bonds. The molecule has 0 bridgehead atoms. The SMILES string of the molecule is CC(CO)S(=O)c1cccc(F)c1. The van der Waals surface area contributed by atoms with E-state index in [1.54, 1.807) is 13.0 Å². The third kappa shape index (κ3) is 2.60. The zero-order valence-corrected chi connectivity index (χ0v) is 8.05. The summed E-state index contributed by atoms with van der Waals surface area (Å²) in [6.07, 6.45) is 0. The molecule has 1 rings (SSSR count). The highest BCUT2D eigenvalue weighted by Crippen LogP contribution is 2.12. The van der Waals surface area contributed by atoms with Crippen LogP contribution in [-0.2, 0) is 10.8 Å². The number of halogens is 1. The van der Waals surface area contributed by atoms with Gasteiger partial charge in [0.05, 0.1) is 22.7 Å². The van der Waals surface area contributed by atoms with Gasteiger partial charge >= 0.3 is 0 Å². The maximum Gasteiger partial charge on any atom is 0.124 e. The van der Waals surface area contributed by atoms with Crippen LogP contribution in [0.1, 0.15) is 6.92 Å². The fourth-order valence-corrected chi connectivity index (χ4v) is 1.93. The van der Waals surface area contributed by atoms with Crippen molar-refractivity contribution in [3.8, 4) is 0 Å². The molecular weight excluding hydrogens is 191 g/mol. The topological polar surface area (TPSA) is 37.3 Å². The third-order valence-corrected chi connectivity index (χ3v) is 3.25. The van der Waals surface area contributed by atoms with Gasteiger partial charge < -0.3 is 5.11 Å². The summed E-state index contributed by atoms with van der Waals surface area (Å²) in [5, 5.41) is 8.39. The highest BCUT2D eigenvalue weighted by Gasteiger charge is 2.12. The first-order chi connectivity index (χ1) is 6.15. The maximum absolute atomic E-state index is 12.7. The first kappa shape index (κ1) is 10.3. The van der Waals surface area contributed by atoms with Crippen molar-refractivity contribution < 1.29 is 13.7 Å². The van der Waals surface area contributed by atoms with Gasteiger partial charge in [0.2, 0.25) is 0 Å². The van der Waals surface area contributed by atoms with Crippen LogP contribution in [0.5, 0.6) is 0 Å². The molecule has 0 aromatic heterocycles. The Morgan fingerprint density at radius 1 is 1.62 bits per heavy atom. The van der Waals surface area contributed by atoms with Gasteiger partial charge in [0.25, 0.3) is 0 Å². The summed E-state index contributed by atoms with van der Waals surface area (Å²) < 4.78 is 24.2. The number of hydrogen-bond acceptors (Lipinski definition) is 2. The zero-order chi connectivity index (χ0) is 9.84. The highest BCUT2D eigenvalue weighted by atomic mass is 32.2. The molecule has 2 nitrogen and oxygen atoms in total. The van der Waals surface area contributed by atoms with Gasteiger partial charge in [-0.25, -0.2) is 4.39 Å². The lowest BCUT2D eigenvalue weighted by atomic mass is 10.3. The average molecular weight is 202 g/mol. The van der Waals surface area contributed by atoms with E-state index in [2.05, 4.69) is 0 Å². The Morgan fingerprint density at radius 3 is 2.85 bits per heavy atom. The molecule has 2 atom stereocenters. The Balaban J connectivity index is 2.89. The lowest BCUT2D eigenvalue weighted by molar-refractivity contribution is 0.298. The molecule has 4 heteroatoms. The van der Waals surface area contributed by atoms with E-state index in [-0.39, 0.29) is 11.9 Å². The molecule has 1 aromatic rings. The van der Waals surface area contributed by atoms with Crippen LogP contribution in [0, 0.1) is 5.82 Å². The Bertz CT molecular complexity index is 314. The summed E-state index contributed by atoms with van der Waals surface area (Å²) in [6, 6.07) is 5.62. The second kappa shape index (κ2) is 4.48. The van der Waals surface area contributed by atoms with E-state index in [0.717, 1.165) is 0 Å². The van der Waals surface area contributed by atoms with E-state index in [9.17, 15) is 8.60 Å². The van der Waals surface area contributed by atoms with Crippen LogP contribution in [0.3, 0.4) is 0 Å². The summed E-state index contributed by atoms with van der Waals surface area (Å²) >= 11 is 0. The number of hydrogen-bond donors (Lipinski definition) is 1. The number of aliphatic hydroxyl groups is 1. The molecule has 0 aliphatic heterocycles. The summed E-state index contributed by atoms with van der Waals surface area (Å²) in [6.45, 7) is 1.49. The van der Waals surface area contributed by atoms with E-state index < -0.39 is 16.6 Å². The largest absolute Gasteiger partial charge is 0.395 e. The van der Waals surface area contributed by atoms with Gasteiger partial charge in [-0.05, 0) is 25.1 Å². The van der Waals surface area contributed by atoms with Gasteiger partial charge in [-0.3, -0.25) is 4.21 Å². The Kier molecular flexibility index (Phi) is 3.57. The zero-order valence-electron chi connectivity index (χ0n) is 7.24. The third-order valence-electron chi connectivity index (χ3n) is 1.65. The van der Waals surface area contributed by atoms with E-state index in [4.69, 9.17) is 5.11 Å². The lowest BCUT2D eigenvalue weighted by Gasteiger charge is -2.07. The molecule has 2 unspecified atom stereocenters. The molecule has 13 heavy (non-hydrogen) atoms. The molecule has 1 N–H and O–H groups in total. The second-order valence-corrected chi connectivity index (χ2v) is 4.62. The van der Waals surface area contributed by atoms with Crippen molar-refractivity contribution in [2.24, 2.45) is 0 Å². The molecule has 0 heterocycles. The van der Waals surface area contributed by atoms with Crippen molar-refractivity contribution in [2.45, 2.75) is 17.1 Å². The minimum Gasteiger partial charge on any atom is -0.395 e. The highest BCUT2D eigenvalue weighted by molar-refractivity contribution is 7.85. The van der Waals surface area contributed by atoms with Crippen molar-refractivity contribution >= 4 is 10.8 Å². The quantitative estimate of drug-likeness (QED) is 0.802. The Hall–Kier alpha value is -0.740. The van der Waals surface area contributed by atoms with Crippen LogP contribution in [0.25, 0.3) is 0 Å². The Morgan fingerprint density at radius 2 is 2.31 bits per heavy atom. The maximum atomic E-state index is 12.7. The van der Waals surface area contributed by atoms with E-state index in [1.807, 2.05) is 0 Å². The molecule has 0 aliphatic rings. The van der Waals surface area contributed by atoms with Gasteiger partial charge in [-0.15, -0.1) is 0 Å². The summed E-state index contributed by atoms with van der Waals surface area (Å²) in [4.78, 5) is 0.418. The first-order valence-electron chi connectivity index (χ1n) is 3.92. The molecule has 72 valence electrons. The van der Waals surface area contributed by atoms with Gasteiger partial charge in [0, 0.05) is 4.90 Å². The summed E-state index contributed by atoms with van der Waals surface area (Å²) in [7, 11) is -1.33. The van der Waals surface area contributed by atoms with Crippen LogP contribution >= 0.6 is 0 Å². The lowest BCUT2D eigenvalue weighted by Crippen LogP contribution is -2.15. The van der Waals surface area contributed by atoms with Crippen LogP contribution in [0.15, 0.2) is 29.2 Å². The van der Waals surface area contributed by atoms with Crippen LogP contribution in [0.2, 0.25) is 0 Å². The van der Waals surface area contributed by atoms with Crippen molar-refractivity contribution in [3.63, 3.8) is 0 Å². The average Bonchev–Trinajstić information content (AvgIpc) is 2.15. The molecule has 0 fully saturated rings. The minimum atomic E-state index is -1.33. The first-order valence-corrected chi connectivity index (χ1v) is 5.13.